The van der Waals surface area contributed by atoms with E-state index in [2.05, 4.69) is 24.9 Å². The molecule has 0 aromatic carbocycles. The summed E-state index contributed by atoms with van der Waals surface area (Å²) in [5, 5.41) is 7.48. The third-order valence-electron chi connectivity index (χ3n) is 3.86. The summed E-state index contributed by atoms with van der Waals surface area (Å²) in [6.07, 6.45) is 2.00. The molecule has 116 valence electrons. The first-order valence-electron chi connectivity index (χ1n) is 7.23. The molecule has 1 fully saturated rings. The van der Waals surface area contributed by atoms with Crippen LogP contribution in [-0.4, -0.2) is 37.6 Å². The van der Waals surface area contributed by atoms with Gasteiger partial charge >= 0.3 is 0 Å². The van der Waals surface area contributed by atoms with E-state index >= 15 is 0 Å². The number of hydrogen-bond donors (Lipinski definition) is 1. The van der Waals surface area contributed by atoms with Gasteiger partial charge in [-0.2, -0.15) is 0 Å². The van der Waals surface area contributed by atoms with Crippen LogP contribution in [0.2, 0.25) is 0 Å². The molecule has 0 saturated carbocycles. The normalized spacial score (nSPS) is 17.9. The Morgan fingerprint density at radius 1 is 1.41 bits per heavy atom. The Morgan fingerprint density at radius 3 is 2.91 bits per heavy atom. The molecule has 2 aromatic rings. The van der Waals surface area contributed by atoms with Crippen molar-refractivity contribution in [2.75, 3.05) is 12.3 Å². The van der Waals surface area contributed by atoms with Crippen molar-refractivity contribution in [2.45, 2.75) is 39.2 Å². The van der Waals surface area contributed by atoms with Crippen molar-refractivity contribution in [3.63, 3.8) is 0 Å². The highest BCUT2D eigenvalue weighted by molar-refractivity contribution is 5.79. The lowest BCUT2D eigenvalue weighted by Crippen LogP contribution is -2.32. The smallest absolute Gasteiger partial charge is 0.229 e. The fourth-order valence-corrected chi connectivity index (χ4v) is 2.81. The second kappa shape index (κ2) is 5.70. The monoisotopic (exact) mass is 302 g/mol. The molecule has 1 amide bonds. The van der Waals surface area contributed by atoms with Gasteiger partial charge in [-0.15, -0.1) is 0 Å². The fraction of sp³-hybridized carbons (Fsp3) is 0.500. The highest BCUT2D eigenvalue weighted by Gasteiger charge is 2.32. The number of rotatable bonds is 3. The van der Waals surface area contributed by atoms with E-state index in [1.165, 1.54) is 0 Å². The zero-order valence-corrected chi connectivity index (χ0v) is 12.6. The number of aryl methyl sites for hydroxylation is 2. The summed E-state index contributed by atoms with van der Waals surface area (Å²) in [4.78, 5) is 22.9. The maximum absolute atomic E-state index is 12.6. The summed E-state index contributed by atoms with van der Waals surface area (Å²) < 4.78 is 4.64. The van der Waals surface area contributed by atoms with Crippen molar-refractivity contribution in [1.29, 1.82) is 0 Å². The topological polar surface area (TPSA) is 111 Å². The molecule has 1 aliphatic heterocycles. The maximum Gasteiger partial charge on any atom is 0.229 e. The Morgan fingerprint density at radius 2 is 2.23 bits per heavy atom. The van der Waals surface area contributed by atoms with E-state index < -0.39 is 0 Å². The molecule has 3 rings (SSSR count). The van der Waals surface area contributed by atoms with Crippen molar-refractivity contribution >= 4 is 11.7 Å². The van der Waals surface area contributed by atoms with Crippen LogP contribution in [0.4, 0.5) is 5.82 Å². The third kappa shape index (κ3) is 2.76. The van der Waals surface area contributed by atoms with E-state index in [4.69, 9.17) is 5.73 Å². The summed E-state index contributed by atoms with van der Waals surface area (Å²) in [7, 11) is 0. The summed E-state index contributed by atoms with van der Waals surface area (Å²) in [6.45, 7) is 4.28. The lowest BCUT2D eigenvalue weighted by atomic mass is 10.1. The SMILES string of the molecule is Cc1nc(N)cc([C@@H]2CCCN2C(=O)Cc2nonc2C)n1. The molecule has 1 saturated heterocycles. The molecule has 0 spiro atoms. The van der Waals surface area contributed by atoms with Gasteiger partial charge in [-0.3, -0.25) is 4.79 Å². The minimum Gasteiger partial charge on any atom is -0.384 e. The Hall–Kier alpha value is -2.51. The van der Waals surface area contributed by atoms with E-state index in [1.54, 1.807) is 19.9 Å². The van der Waals surface area contributed by atoms with Gasteiger partial charge in [0, 0.05) is 12.6 Å². The number of likely N-dealkylation sites (tertiary alicyclic amines) is 1. The number of hydrogen-bond acceptors (Lipinski definition) is 7. The molecule has 0 radical (unpaired) electrons. The minimum atomic E-state index is -0.0586. The predicted molar refractivity (Wildman–Crippen MR) is 77.6 cm³/mol. The molecular formula is C14H18N6O2. The van der Waals surface area contributed by atoms with Crippen molar-refractivity contribution in [2.24, 2.45) is 0 Å². The average molecular weight is 302 g/mol. The second-order valence-electron chi connectivity index (χ2n) is 5.48. The molecule has 0 aliphatic carbocycles. The summed E-state index contributed by atoms with van der Waals surface area (Å²) in [5.41, 5.74) is 7.81. The van der Waals surface area contributed by atoms with Crippen LogP contribution >= 0.6 is 0 Å². The first kappa shape index (κ1) is 14.4. The van der Waals surface area contributed by atoms with Crippen LogP contribution in [0.5, 0.6) is 0 Å². The molecule has 22 heavy (non-hydrogen) atoms. The van der Waals surface area contributed by atoms with E-state index in [0.717, 1.165) is 18.5 Å². The minimum absolute atomic E-state index is 0.00358. The molecule has 2 N–H and O–H groups in total. The lowest BCUT2D eigenvalue weighted by Gasteiger charge is -2.24. The Balaban J connectivity index is 1.80. The van der Waals surface area contributed by atoms with E-state index in [1.807, 2.05) is 4.90 Å². The van der Waals surface area contributed by atoms with Crippen LogP contribution in [0.25, 0.3) is 0 Å². The number of nitrogen functional groups attached to an aromatic ring is 1. The van der Waals surface area contributed by atoms with Crippen molar-refractivity contribution < 1.29 is 9.42 Å². The van der Waals surface area contributed by atoms with Gasteiger partial charge in [0.2, 0.25) is 5.91 Å². The first-order chi connectivity index (χ1) is 10.5. The van der Waals surface area contributed by atoms with Crippen LogP contribution < -0.4 is 5.73 Å². The predicted octanol–water partition coefficient (Wildman–Crippen LogP) is 0.965. The molecule has 1 atom stereocenters. The van der Waals surface area contributed by atoms with Crippen molar-refractivity contribution in [1.82, 2.24) is 25.2 Å². The van der Waals surface area contributed by atoms with E-state index in [0.29, 0.717) is 29.6 Å². The van der Waals surface area contributed by atoms with E-state index in [-0.39, 0.29) is 18.4 Å². The molecule has 8 nitrogen and oxygen atoms in total. The second-order valence-corrected chi connectivity index (χ2v) is 5.48. The summed E-state index contributed by atoms with van der Waals surface area (Å²) >= 11 is 0. The van der Waals surface area contributed by atoms with Gasteiger partial charge in [0.05, 0.1) is 18.2 Å². The van der Waals surface area contributed by atoms with Gasteiger partial charge in [0.15, 0.2) is 0 Å². The van der Waals surface area contributed by atoms with Gasteiger partial charge < -0.3 is 10.6 Å². The lowest BCUT2D eigenvalue weighted by molar-refractivity contribution is -0.131. The van der Waals surface area contributed by atoms with Crippen LogP contribution in [-0.2, 0) is 11.2 Å². The average Bonchev–Trinajstić information content (AvgIpc) is 3.07. The van der Waals surface area contributed by atoms with Crippen molar-refractivity contribution in [3.8, 4) is 0 Å². The van der Waals surface area contributed by atoms with Crippen LogP contribution in [0.15, 0.2) is 10.7 Å². The number of aromatic nitrogens is 4. The van der Waals surface area contributed by atoms with Crippen molar-refractivity contribution in [3.05, 3.63) is 29.0 Å². The first-order valence-corrected chi connectivity index (χ1v) is 7.23. The van der Waals surface area contributed by atoms with Gasteiger partial charge in [-0.05, 0) is 26.7 Å². The number of nitrogens with zero attached hydrogens (tertiary/aromatic N) is 5. The number of carbonyl (C=O) groups excluding carboxylic acids is 1. The highest BCUT2D eigenvalue weighted by atomic mass is 16.6. The van der Waals surface area contributed by atoms with Gasteiger partial charge in [0.25, 0.3) is 0 Å². The zero-order valence-electron chi connectivity index (χ0n) is 12.6. The van der Waals surface area contributed by atoms with Gasteiger partial charge in [-0.1, -0.05) is 10.3 Å². The molecular weight excluding hydrogens is 284 g/mol. The highest BCUT2D eigenvalue weighted by Crippen LogP contribution is 2.31. The molecule has 0 unspecified atom stereocenters. The number of nitrogens with two attached hydrogens (primary N) is 1. The molecule has 8 heteroatoms. The Labute approximate surface area is 127 Å². The third-order valence-corrected chi connectivity index (χ3v) is 3.86. The number of carbonyl (C=O) groups is 1. The number of amides is 1. The largest absolute Gasteiger partial charge is 0.384 e. The fourth-order valence-electron chi connectivity index (χ4n) is 2.81. The molecule has 1 aliphatic rings. The maximum atomic E-state index is 12.6. The van der Waals surface area contributed by atoms with Crippen LogP contribution in [0, 0.1) is 13.8 Å². The summed E-state index contributed by atoms with van der Waals surface area (Å²) in [5.74, 6) is 1.04. The van der Waals surface area contributed by atoms with E-state index in [9.17, 15) is 4.79 Å². The van der Waals surface area contributed by atoms with Gasteiger partial charge in [0.1, 0.15) is 23.0 Å². The molecule has 0 bridgehead atoms. The number of anilines is 1. The zero-order chi connectivity index (χ0) is 15.7. The quantitative estimate of drug-likeness (QED) is 0.898. The molecule has 3 heterocycles. The summed E-state index contributed by atoms with van der Waals surface area (Å²) in [6, 6.07) is 1.68. The standard InChI is InChI=1S/C14H18N6O2/c1-8-10(19-22-18-8)7-14(21)20-5-3-4-12(20)11-6-13(15)17-9(2)16-11/h6,12H,3-5,7H2,1-2H3,(H2,15,16,17)/t12-/m0/s1. The molecule has 2 aromatic heterocycles. The Bertz CT molecular complexity index is 678. The van der Waals surface area contributed by atoms with Crippen LogP contribution in [0.3, 0.4) is 0 Å². The van der Waals surface area contributed by atoms with Gasteiger partial charge in [-0.25, -0.2) is 14.6 Å². The Kier molecular flexibility index (Phi) is 3.74. The van der Waals surface area contributed by atoms with Crippen LogP contribution in [0.1, 0.15) is 41.8 Å².